The molecule has 1 aliphatic rings. The van der Waals surface area contributed by atoms with Crippen LogP contribution in [0.3, 0.4) is 0 Å². The lowest BCUT2D eigenvalue weighted by Crippen LogP contribution is -2.19. The highest BCUT2D eigenvalue weighted by molar-refractivity contribution is 6.25. The smallest absolute Gasteiger partial charge is 0.285 e. The molecule has 0 unspecified atom stereocenters. The van der Waals surface area contributed by atoms with Crippen molar-refractivity contribution in [2.24, 2.45) is 4.99 Å². The second kappa shape index (κ2) is 4.77. The maximum absolute atomic E-state index is 10.6. The third-order valence-corrected chi connectivity index (χ3v) is 2.16. The number of hydrogen-bond acceptors (Lipinski definition) is 3. The molecular formula is C9H14N2O2. The summed E-state index contributed by atoms with van der Waals surface area (Å²) in [6, 6.07) is 0. The van der Waals surface area contributed by atoms with Gasteiger partial charge in [0.2, 0.25) is 0 Å². The van der Waals surface area contributed by atoms with Gasteiger partial charge in [0.05, 0.1) is 6.21 Å². The Bertz CT molecular complexity index is 256. The lowest BCUT2D eigenvalue weighted by Gasteiger charge is -2.13. The summed E-state index contributed by atoms with van der Waals surface area (Å²) in [5.74, 6) is -0.578. The van der Waals surface area contributed by atoms with Gasteiger partial charge in [-0.05, 0) is 32.6 Å². The zero-order chi connectivity index (χ0) is 9.68. The van der Waals surface area contributed by atoms with Gasteiger partial charge >= 0.3 is 0 Å². The highest BCUT2D eigenvalue weighted by Crippen LogP contribution is 2.24. The Morgan fingerprint density at radius 1 is 1.54 bits per heavy atom. The predicted molar refractivity (Wildman–Crippen MR) is 49.6 cm³/mol. The van der Waals surface area contributed by atoms with Crippen LogP contribution in [0, 0.1) is 0 Å². The molecule has 0 aromatic heterocycles. The summed E-state index contributed by atoms with van der Waals surface area (Å²) in [4.78, 5) is 14.6. The van der Waals surface area contributed by atoms with Crippen LogP contribution in [0.5, 0.6) is 0 Å². The minimum Gasteiger partial charge on any atom is -0.288 e. The van der Waals surface area contributed by atoms with Crippen LogP contribution in [0.1, 0.15) is 32.6 Å². The van der Waals surface area contributed by atoms with E-state index in [0.29, 0.717) is 0 Å². The lowest BCUT2D eigenvalue weighted by molar-refractivity contribution is -0.121. The Labute approximate surface area is 77.3 Å². The first-order valence-corrected chi connectivity index (χ1v) is 4.41. The zero-order valence-corrected chi connectivity index (χ0v) is 7.71. The third-order valence-electron chi connectivity index (χ3n) is 2.16. The first kappa shape index (κ1) is 9.92. The van der Waals surface area contributed by atoms with Gasteiger partial charge in [-0.2, -0.15) is 0 Å². The van der Waals surface area contributed by atoms with Gasteiger partial charge in [-0.1, -0.05) is 5.57 Å². The molecule has 2 N–H and O–H groups in total. The van der Waals surface area contributed by atoms with Crippen LogP contribution in [0.25, 0.3) is 0 Å². The number of hydroxylamine groups is 1. The average molecular weight is 182 g/mol. The largest absolute Gasteiger partial charge is 0.288 e. The predicted octanol–water partition coefficient (Wildman–Crippen LogP) is 1.41. The first-order valence-electron chi connectivity index (χ1n) is 4.41. The van der Waals surface area contributed by atoms with Gasteiger partial charge in [0.25, 0.3) is 5.91 Å². The maximum atomic E-state index is 10.6. The molecule has 72 valence electrons. The topological polar surface area (TPSA) is 61.7 Å². The normalized spacial score (nSPS) is 18.0. The van der Waals surface area contributed by atoms with Crippen molar-refractivity contribution < 1.29 is 10.0 Å². The van der Waals surface area contributed by atoms with Crippen molar-refractivity contribution in [1.82, 2.24) is 5.48 Å². The van der Waals surface area contributed by atoms with Gasteiger partial charge in [-0.3, -0.25) is 15.0 Å². The van der Waals surface area contributed by atoms with Crippen molar-refractivity contribution >= 4 is 12.1 Å². The van der Waals surface area contributed by atoms with Crippen LogP contribution in [-0.2, 0) is 4.79 Å². The molecule has 0 aliphatic heterocycles. The molecular weight excluding hydrogens is 168 g/mol. The molecule has 0 saturated heterocycles. The Morgan fingerprint density at radius 3 is 2.85 bits per heavy atom. The van der Waals surface area contributed by atoms with Gasteiger partial charge in [0.15, 0.2) is 0 Å². The van der Waals surface area contributed by atoms with Crippen molar-refractivity contribution in [1.29, 1.82) is 0 Å². The number of allylic oxidation sites excluding steroid dienone is 2. The van der Waals surface area contributed by atoms with Crippen LogP contribution in [0.15, 0.2) is 16.3 Å². The van der Waals surface area contributed by atoms with Crippen LogP contribution in [-0.4, -0.2) is 17.3 Å². The number of hydrogen-bond donors (Lipinski definition) is 2. The van der Waals surface area contributed by atoms with Crippen molar-refractivity contribution in [3.63, 3.8) is 0 Å². The highest BCUT2D eigenvalue weighted by Gasteiger charge is 2.07. The standard InChI is InChI=1S/C9H14N2O2/c1-7-4-2-3-5-8(7)10-6-9(12)11-13/h6,13H,2-5H2,1H3,(H,11,12). The summed E-state index contributed by atoms with van der Waals surface area (Å²) in [6.07, 6.45) is 5.44. The molecule has 1 amide bonds. The number of carbonyl (C=O) groups is 1. The van der Waals surface area contributed by atoms with E-state index in [4.69, 9.17) is 5.21 Å². The molecule has 0 aromatic rings. The van der Waals surface area contributed by atoms with E-state index in [-0.39, 0.29) is 0 Å². The quantitative estimate of drug-likeness (QED) is 0.385. The Balaban J connectivity index is 2.61. The van der Waals surface area contributed by atoms with Crippen LogP contribution < -0.4 is 5.48 Å². The van der Waals surface area contributed by atoms with E-state index in [1.165, 1.54) is 17.5 Å². The fourth-order valence-electron chi connectivity index (χ4n) is 1.38. The molecule has 0 bridgehead atoms. The molecule has 0 fully saturated rings. The number of rotatable bonds is 2. The molecule has 13 heavy (non-hydrogen) atoms. The average Bonchev–Trinajstić information content (AvgIpc) is 2.16. The SMILES string of the molecule is CC1=C(N=CC(=O)NO)CCCC1. The third kappa shape index (κ3) is 2.99. The second-order valence-electron chi connectivity index (χ2n) is 3.17. The maximum Gasteiger partial charge on any atom is 0.285 e. The van der Waals surface area contributed by atoms with E-state index >= 15 is 0 Å². The van der Waals surface area contributed by atoms with Gasteiger partial charge < -0.3 is 0 Å². The molecule has 0 atom stereocenters. The minimum atomic E-state index is -0.578. The fraction of sp³-hybridized carbons (Fsp3) is 0.556. The Kier molecular flexibility index (Phi) is 3.64. The summed E-state index contributed by atoms with van der Waals surface area (Å²) < 4.78 is 0. The van der Waals surface area contributed by atoms with E-state index in [9.17, 15) is 4.79 Å². The lowest BCUT2D eigenvalue weighted by atomic mass is 9.98. The number of aliphatic imine (C=N–C) groups is 1. The molecule has 0 spiro atoms. The van der Waals surface area contributed by atoms with Crippen LogP contribution >= 0.6 is 0 Å². The van der Waals surface area contributed by atoms with E-state index in [1.807, 2.05) is 6.92 Å². The van der Waals surface area contributed by atoms with Crippen molar-refractivity contribution in [3.8, 4) is 0 Å². The molecule has 0 saturated carbocycles. The van der Waals surface area contributed by atoms with E-state index in [2.05, 4.69) is 4.99 Å². The first-order chi connectivity index (χ1) is 6.24. The van der Waals surface area contributed by atoms with Crippen molar-refractivity contribution in [2.45, 2.75) is 32.6 Å². The van der Waals surface area contributed by atoms with Crippen LogP contribution in [0.2, 0.25) is 0 Å². The van der Waals surface area contributed by atoms with E-state index in [0.717, 1.165) is 31.2 Å². The molecule has 4 heteroatoms. The molecule has 1 aliphatic carbocycles. The molecule has 0 aromatic carbocycles. The summed E-state index contributed by atoms with van der Waals surface area (Å²) in [7, 11) is 0. The molecule has 0 heterocycles. The van der Waals surface area contributed by atoms with Crippen LogP contribution in [0.4, 0.5) is 0 Å². The number of amides is 1. The van der Waals surface area contributed by atoms with E-state index in [1.54, 1.807) is 0 Å². The second-order valence-corrected chi connectivity index (χ2v) is 3.17. The summed E-state index contributed by atoms with van der Waals surface area (Å²) in [6.45, 7) is 2.03. The Hall–Kier alpha value is -1.16. The van der Waals surface area contributed by atoms with Gasteiger partial charge in [0.1, 0.15) is 0 Å². The molecule has 4 nitrogen and oxygen atoms in total. The number of nitrogens with one attached hydrogen (secondary N) is 1. The zero-order valence-electron chi connectivity index (χ0n) is 7.71. The molecule has 0 radical (unpaired) electrons. The van der Waals surface area contributed by atoms with Crippen molar-refractivity contribution in [2.75, 3.05) is 0 Å². The summed E-state index contributed by atoms with van der Waals surface area (Å²) >= 11 is 0. The van der Waals surface area contributed by atoms with Gasteiger partial charge in [0, 0.05) is 5.70 Å². The highest BCUT2D eigenvalue weighted by atomic mass is 16.5. The monoisotopic (exact) mass is 182 g/mol. The molecule has 1 rings (SSSR count). The summed E-state index contributed by atoms with van der Waals surface area (Å²) in [5.41, 5.74) is 3.73. The van der Waals surface area contributed by atoms with Gasteiger partial charge in [-0.15, -0.1) is 0 Å². The Morgan fingerprint density at radius 2 is 2.23 bits per heavy atom. The van der Waals surface area contributed by atoms with Gasteiger partial charge in [-0.25, -0.2) is 5.48 Å². The van der Waals surface area contributed by atoms with Crippen molar-refractivity contribution in [3.05, 3.63) is 11.3 Å². The summed E-state index contributed by atoms with van der Waals surface area (Å²) in [5, 5.41) is 8.22. The number of nitrogens with zero attached hydrogens (tertiary/aromatic N) is 1. The number of carbonyl (C=O) groups excluding carboxylic acids is 1. The fourth-order valence-corrected chi connectivity index (χ4v) is 1.38. The van der Waals surface area contributed by atoms with E-state index < -0.39 is 5.91 Å². The minimum absolute atomic E-state index is 0.578.